The summed E-state index contributed by atoms with van der Waals surface area (Å²) >= 11 is 0. The van der Waals surface area contributed by atoms with Gasteiger partial charge < -0.3 is 14.6 Å². The van der Waals surface area contributed by atoms with Crippen LogP contribution in [0.2, 0.25) is 0 Å². The number of hydrogen-bond donors (Lipinski definition) is 2. The van der Waals surface area contributed by atoms with Crippen LogP contribution in [0.1, 0.15) is 16.2 Å². The van der Waals surface area contributed by atoms with Crippen LogP contribution in [0, 0.1) is 0 Å². The fraction of sp³-hybridized carbons (Fsp3) is 0.150. The number of nitrogens with zero attached hydrogens (tertiary/aromatic N) is 3. The Morgan fingerprint density at radius 3 is 3.00 bits per heavy atom. The number of rotatable bonds is 7. The second kappa shape index (κ2) is 7.74. The lowest BCUT2D eigenvalue weighted by atomic mass is 10.2. The summed E-state index contributed by atoms with van der Waals surface area (Å²) in [5, 5.41) is 11.0. The molecule has 3 heterocycles. The van der Waals surface area contributed by atoms with Gasteiger partial charge in [0.15, 0.2) is 0 Å². The molecule has 0 aliphatic heterocycles. The number of aromatic nitrogens is 4. The predicted octanol–water partition coefficient (Wildman–Crippen LogP) is 2.62. The number of ether oxygens (including phenoxy) is 1. The van der Waals surface area contributed by atoms with E-state index in [9.17, 15) is 4.79 Å². The lowest BCUT2D eigenvalue weighted by Gasteiger charge is -2.06. The van der Waals surface area contributed by atoms with E-state index in [1.165, 1.54) is 5.39 Å². The number of fused-ring (bicyclic) bond motifs is 1. The Morgan fingerprint density at radius 2 is 2.11 bits per heavy atom. The van der Waals surface area contributed by atoms with Crippen LogP contribution < -0.4 is 10.1 Å². The summed E-state index contributed by atoms with van der Waals surface area (Å²) in [6, 6.07) is 15.6. The highest BCUT2D eigenvalue weighted by atomic mass is 16.5. The fourth-order valence-electron chi connectivity index (χ4n) is 2.88. The first-order chi connectivity index (χ1) is 13.3. The van der Waals surface area contributed by atoms with Crippen molar-refractivity contribution in [3.05, 3.63) is 78.5 Å². The second-order valence-electron chi connectivity index (χ2n) is 6.07. The van der Waals surface area contributed by atoms with Crippen molar-refractivity contribution >= 4 is 16.8 Å². The minimum Gasteiger partial charge on any atom is -0.490 e. The van der Waals surface area contributed by atoms with Gasteiger partial charge in [-0.3, -0.25) is 14.9 Å². The number of aromatic amines is 1. The molecule has 7 nitrogen and oxygen atoms in total. The van der Waals surface area contributed by atoms with Crippen LogP contribution in [-0.4, -0.2) is 38.8 Å². The lowest BCUT2D eigenvalue weighted by Crippen LogP contribution is -2.28. The summed E-state index contributed by atoms with van der Waals surface area (Å²) in [4.78, 5) is 16.2. The largest absolute Gasteiger partial charge is 0.490 e. The van der Waals surface area contributed by atoms with Crippen LogP contribution in [0.25, 0.3) is 10.9 Å². The molecule has 27 heavy (non-hydrogen) atoms. The smallest absolute Gasteiger partial charge is 0.271 e. The highest BCUT2D eigenvalue weighted by Gasteiger charge is 2.11. The standard InChI is InChI=1S/C20H19N5O2/c26-20(22-9-11-27-17-5-3-8-21-13-17)18-12-16(23-24-18)14-25-10-7-15-4-1-2-6-19(15)25/h1-8,10,12-13H,9,11,14H2,(H,22,26)(H,23,24). The van der Waals surface area contributed by atoms with Crippen molar-refractivity contribution in [1.29, 1.82) is 0 Å². The average Bonchev–Trinajstić information content (AvgIpc) is 3.34. The third kappa shape index (κ3) is 3.98. The number of carbonyl (C=O) groups is 1. The van der Waals surface area contributed by atoms with E-state index >= 15 is 0 Å². The molecule has 4 rings (SSSR count). The summed E-state index contributed by atoms with van der Waals surface area (Å²) in [7, 11) is 0. The van der Waals surface area contributed by atoms with Gasteiger partial charge in [0.2, 0.25) is 0 Å². The number of amides is 1. The molecule has 2 N–H and O–H groups in total. The molecule has 0 saturated carbocycles. The van der Waals surface area contributed by atoms with E-state index in [0.29, 0.717) is 31.1 Å². The second-order valence-corrected chi connectivity index (χ2v) is 6.07. The molecular weight excluding hydrogens is 342 g/mol. The van der Waals surface area contributed by atoms with Gasteiger partial charge in [0.25, 0.3) is 5.91 Å². The van der Waals surface area contributed by atoms with Crippen LogP contribution in [-0.2, 0) is 6.54 Å². The van der Waals surface area contributed by atoms with Crippen molar-refractivity contribution in [3.63, 3.8) is 0 Å². The first-order valence-corrected chi connectivity index (χ1v) is 8.69. The van der Waals surface area contributed by atoms with Gasteiger partial charge in [-0.2, -0.15) is 5.10 Å². The molecule has 4 aromatic rings. The molecule has 0 aliphatic rings. The van der Waals surface area contributed by atoms with E-state index in [0.717, 1.165) is 11.2 Å². The lowest BCUT2D eigenvalue weighted by molar-refractivity contribution is 0.0942. The summed E-state index contributed by atoms with van der Waals surface area (Å²) in [5.74, 6) is 0.442. The van der Waals surface area contributed by atoms with Gasteiger partial charge >= 0.3 is 0 Å². The summed E-state index contributed by atoms with van der Waals surface area (Å²) in [6.07, 6.45) is 5.34. The van der Waals surface area contributed by atoms with Crippen molar-refractivity contribution in [2.24, 2.45) is 0 Å². The third-order valence-corrected chi connectivity index (χ3v) is 4.18. The molecule has 0 aliphatic carbocycles. The van der Waals surface area contributed by atoms with Crippen LogP contribution in [0.5, 0.6) is 5.75 Å². The number of pyridine rings is 1. The first-order valence-electron chi connectivity index (χ1n) is 8.69. The maximum atomic E-state index is 12.2. The van der Waals surface area contributed by atoms with Gasteiger partial charge in [-0.1, -0.05) is 18.2 Å². The maximum Gasteiger partial charge on any atom is 0.271 e. The zero-order valence-electron chi connectivity index (χ0n) is 14.6. The van der Waals surface area contributed by atoms with Crippen LogP contribution in [0.4, 0.5) is 0 Å². The van der Waals surface area contributed by atoms with Crippen molar-refractivity contribution in [3.8, 4) is 5.75 Å². The number of para-hydroxylation sites is 1. The van der Waals surface area contributed by atoms with E-state index in [2.05, 4.69) is 43.3 Å². The number of carbonyl (C=O) groups excluding carboxylic acids is 1. The molecule has 1 amide bonds. The molecule has 0 atom stereocenters. The van der Waals surface area contributed by atoms with E-state index in [1.54, 1.807) is 24.5 Å². The Kier molecular flexibility index (Phi) is 4.82. The number of H-pyrrole nitrogens is 1. The van der Waals surface area contributed by atoms with E-state index < -0.39 is 0 Å². The molecule has 7 heteroatoms. The summed E-state index contributed by atoms with van der Waals surface area (Å²) in [5.41, 5.74) is 2.38. The maximum absolute atomic E-state index is 12.2. The molecule has 0 saturated heterocycles. The normalized spacial score (nSPS) is 10.8. The van der Waals surface area contributed by atoms with Crippen molar-refractivity contribution in [1.82, 2.24) is 25.1 Å². The van der Waals surface area contributed by atoms with E-state index in [-0.39, 0.29) is 5.91 Å². The highest BCUT2D eigenvalue weighted by molar-refractivity contribution is 5.92. The number of nitrogens with one attached hydrogen (secondary N) is 2. The zero-order valence-corrected chi connectivity index (χ0v) is 14.6. The molecule has 0 radical (unpaired) electrons. The van der Waals surface area contributed by atoms with E-state index in [4.69, 9.17) is 4.74 Å². The average molecular weight is 361 g/mol. The topological polar surface area (TPSA) is 84.8 Å². The minimum absolute atomic E-state index is 0.232. The summed E-state index contributed by atoms with van der Waals surface area (Å²) in [6.45, 7) is 1.38. The fourth-order valence-corrected chi connectivity index (χ4v) is 2.88. The summed E-state index contributed by atoms with van der Waals surface area (Å²) < 4.78 is 7.62. The Hall–Kier alpha value is -3.61. The predicted molar refractivity (Wildman–Crippen MR) is 102 cm³/mol. The minimum atomic E-state index is -0.232. The van der Waals surface area contributed by atoms with Gasteiger partial charge in [0.1, 0.15) is 18.1 Å². The van der Waals surface area contributed by atoms with Gasteiger partial charge in [0.05, 0.1) is 25.0 Å². The van der Waals surface area contributed by atoms with Crippen molar-refractivity contribution in [2.45, 2.75) is 6.54 Å². The molecule has 0 fully saturated rings. The molecule has 136 valence electrons. The molecule has 0 unspecified atom stereocenters. The van der Waals surface area contributed by atoms with Gasteiger partial charge in [0, 0.05) is 17.9 Å². The van der Waals surface area contributed by atoms with Crippen molar-refractivity contribution < 1.29 is 9.53 Å². The highest BCUT2D eigenvalue weighted by Crippen LogP contribution is 2.16. The third-order valence-electron chi connectivity index (χ3n) is 4.18. The molecule has 0 bridgehead atoms. The quantitative estimate of drug-likeness (QED) is 0.496. The van der Waals surface area contributed by atoms with Gasteiger partial charge in [-0.15, -0.1) is 0 Å². The Morgan fingerprint density at radius 1 is 1.19 bits per heavy atom. The van der Waals surface area contributed by atoms with Crippen LogP contribution in [0.3, 0.4) is 0 Å². The SMILES string of the molecule is O=C(NCCOc1cccnc1)c1cc(Cn2ccc3ccccc32)[nH]n1. The van der Waals surface area contributed by atoms with Gasteiger partial charge in [-0.05, 0) is 35.7 Å². The number of hydrogen-bond acceptors (Lipinski definition) is 4. The Balaban J connectivity index is 1.31. The van der Waals surface area contributed by atoms with E-state index in [1.807, 2.05) is 24.4 Å². The first kappa shape index (κ1) is 16.8. The monoisotopic (exact) mass is 361 g/mol. The molecular formula is C20H19N5O2. The molecule has 0 spiro atoms. The van der Waals surface area contributed by atoms with Crippen LogP contribution in [0.15, 0.2) is 67.1 Å². The molecule has 1 aromatic carbocycles. The Labute approximate surface area is 156 Å². The van der Waals surface area contributed by atoms with Crippen LogP contribution >= 0.6 is 0 Å². The zero-order chi connectivity index (χ0) is 18.5. The molecule has 3 aromatic heterocycles. The number of benzene rings is 1. The Bertz CT molecular complexity index is 1040. The van der Waals surface area contributed by atoms with Crippen molar-refractivity contribution in [2.75, 3.05) is 13.2 Å². The van der Waals surface area contributed by atoms with Gasteiger partial charge in [-0.25, -0.2) is 0 Å².